The molecule has 0 atom stereocenters. The standard InChI is InChI=1S/C18H24N4O3/c1-12(2)20-17-11-16(21-13(3)22-17)18(23)19-9-10-25-15-7-5-14(24-4)6-8-15/h5-8,11-12H,9-10H2,1-4H3,(H,19,23)(H,20,21,22). The van der Waals surface area contributed by atoms with Gasteiger partial charge in [-0.25, -0.2) is 9.97 Å². The summed E-state index contributed by atoms with van der Waals surface area (Å²) in [5, 5.41) is 5.97. The molecule has 7 heteroatoms. The third-order valence-corrected chi connectivity index (χ3v) is 3.22. The Morgan fingerprint density at radius 3 is 2.48 bits per heavy atom. The predicted octanol–water partition coefficient (Wildman–Crippen LogP) is 2.42. The number of carbonyl (C=O) groups excluding carboxylic acids is 1. The summed E-state index contributed by atoms with van der Waals surface area (Å²) < 4.78 is 10.7. The van der Waals surface area contributed by atoms with Crippen molar-refractivity contribution < 1.29 is 14.3 Å². The number of hydrogen-bond donors (Lipinski definition) is 2. The van der Waals surface area contributed by atoms with Crippen molar-refractivity contribution in [2.45, 2.75) is 26.8 Å². The van der Waals surface area contributed by atoms with Gasteiger partial charge in [0.1, 0.15) is 35.4 Å². The smallest absolute Gasteiger partial charge is 0.270 e. The number of anilines is 1. The van der Waals surface area contributed by atoms with Gasteiger partial charge in [-0.15, -0.1) is 0 Å². The van der Waals surface area contributed by atoms with Crippen LogP contribution in [-0.2, 0) is 0 Å². The fourth-order valence-corrected chi connectivity index (χ4v) is 2.15. The van der Waals surface area contributed by atoms with E-state index in [9.17, 15) is 4.79 Å². The molecule has 0 saturated heterocycles. The molecule has 0 aliphatic rings. The van der Waals surface area contributed by atoms with Crippen LogP contribution in [0.3, 0.4) is 0 Å². The number of hydrogen-bond acceptors (Lipinski definition) is 6. The van der Waals surface area contributed by atoms with Gasteiger partial charge in [-0.1, -0.05) is 0 Å². The molecular formula is C18H24N4O3. The first-order valence-corrected chi connectivity index (χ1v) is 8.15. The zero-order valence-corrected chi connectivity index (χ0v) is 15.0. The number of ether oxygens (including phenoxy) is 2. The molecule has 7 nitrogen and oxygen atoms in total. The van der Waals surface area contributed by atoms with Crippen molar-refractivity contribution in [2.75, 3.05) is 25.6 Å². The minimum absolute atomic E-state index is 0.225. The summed E-state index contributed by atoms with van der Waals surface area (Å²) in [6, 6.07) is 9.15. The largest absolute Gasteiger partial charge is 0.497 e. The van der Waals surface area contributed by atoms with Crippen LogP contribution in [-0.4, -0.2) is 42.2 Å². The second-order valence-electron chi connectivity index (χ2n) is 5.76. The highest BCUT2D eigenvalue weighted by Crippen LogP contribution is 2.16. The summed E-state index contributed by atoms with van der Waals surface area (Å²) in [5.41, 5.74) is 0.333. The molecule has 0 fully saturated rings. The Bertz CT molecular complexity index is 702. The SMILES string of the molecule is COc1ccc(OCCNC(=O)c2cc(NC(C)C)nc(C)n2)cc1. The summed E-state index contributed by atoms with van der Waals surface area (Å²) >= 11 is 0. The van der Waals surface area contributed by atoms with E-state index in [0.717, 1.165) is 11.5 Å². The van der Waals surface area contributed by atoms with Gasteiger partial charge in [0, 0.05) is 12.1 Å². The summed E-state index contributed by atoms with van der Waals surface area (Å²) in [7, 11) is 1.61. The number of methoxy groups -OCH3 is 1. The molecule has 2 N–H and O–H groups in total. The third kappa shape index (κ3) is 5.95. The molecular weight excluding hydrogens is 320 g/mol. The summed E-state index contributed by atoms with van der Waals surface area (Å²) in [5.74, 6) is 2.42. The first-order valence-electron chi connectivity index (χ1n) is 8.15. The molecule has 0 bridgehead atoms. The number of benzene rings is 1. The van der Waals surface area contributed by atoms with Gasteiger partial charge in [0.25, 0.3) is 5.91 Å². The zero-order chi connectivity index (χ0) is 18.2. The maximum atomic E-state index is 12.2. The fourth-order valence-electron chi connectivity index (χ4n) is 2.15. The number of aromatic nitrogens is 2. The molecule has 2 aromatic rings. The topological polar surface area (TPSA) is 85.4 Å². The fraction of sp³-hybridized carbons (Fsp3) is 0.389. The van der Waals surface area contributed by atoms with Crippen LogP contribution in [0.2, 0.25) is 0 Å². The Labute approximate surface area is 147 Å². The van der Waals surface area contributed by atoms with E-state index in [1.165, 1.54) is 0 Å². The Morgan fingerprint density at radius 2 is 1.84 bits per heavy atom. The first kappa shape index (κ1) is 18.5. The predicted molar refractivity (Wildman–Crippen MR) is 96.3 cm³/mol. The molecule has 0 aliphatic carbocycles. The van der Waals surface area contributed by atoms with Crippen molar-refractivity contribution in [1.29, 1.82) is 0 Å². The van der Waals surface area contributed by atoms with Crippen LogP contribution in [0.25, 0.3) is 0 Å². The first-order chi connectivity index (χ1) is 12.0. The summed E-state index contributed by atoms with van der Waals surface area (Å²) in [6.45, 7) is 6.51. The average molecular weight is 344 g/mol. The van der Waals surface area contributed by atoms with Crippen molar-refractivity contribution in [3.05, 3.63) is 41.9 Å². The van der Waals surface area contributed by atoms with Gasteiger partial charge in [-0.05, 0) is 45.0 Å². The lowest BCUT2D eigenvalue weighted by molar-refractivity contribution is 0.0941. The molecule has 1 aromatic carbocycles. The van der Waals surface area contributed by atoms with Gasteiger partial charge in [-0.3, -0.25) is 4.79 Å². The number of amides is 1. The van der Waals surface area contributed by atoms with Crippen LogP contribution in [0.4, 0.5) is 5.82 Å². The quantitative estimate of drug-likeness (QED) is 0.716. The molecule has 0 aliphatic heterocycles. The van der Waals surface area contributed by atoms with Gasteiger partial charge < -0.3 is 20.1 Å². The maximum absolute atomic E-state index is 12.2. The molecule has 2 rings (SSSR count). The van der Waals surface area contributed by atoms with E-state index in [2.05, 4.69) is 20.6 Å². The maximum Gasteiger partial charge on any atom is 0.270 e. The number of nitrogens with zero attached hydrogens (tertiary/aromatic N) is 2. The highest BCUT2D eigenvalue weighted by atomic mass is 16.5. The minimum Gasteiger partial charge on any atom is -0.497 e. The van der Waals surface area contributed by atoms with E-state index in [0.29, 0.717) is 30.5 Å². The average Bonchev–Trinajstić information content (AvgIpc) is 2.58. The van der Waals surface area contributed by atoms with Crippen LogP contribution in [0.5, 0.6) is 11.5 Å². The molecule has 25 heavy (non-hydrogen) atoms. The van der Waals surface area contributed by atoms with Crippen molar-refractivity contribution >= 4 is 11.7 Å². The number of carbonyl (C=O) groups is 1. The third-order valence-electron chi connectivity index (χ3n) is 3.22. The Balaban J connectivity index is 1.84. The molecule has 0 radical (unpaired) electrons. The van der Waals surface area contributed by atoms with Gasteiger partial charge in [0.2, 0.25) is 0 Å². The molecule has 1 heterocycles. The van der Waals surface area contributed by atoms with E-state index in [1.807, 2.05) is 38.1 Å². The van der Waals surface area contributed by atoms with Gasteiger partial charge in [0.15, 0.2) is 0 Å². The van der Waals surface area contributed by atoms with E-state index >= 15 is 0 Å². The van der Waals surface area contributed by atoms with Crippen LogP contribution in [0.1, 0.15) is 30.2 Å². The zero-order valence-electron chi connectivity index (χ0n) is 15.0. The van der Waals surface area contributed by atoms with E-state index < -0.39 is 0 Å². The van der Waals surface area contributed by atoms with Crippen molar-refractivity contribution in [1.82, 2.24) is 15.3 Å². The van der Waals surface area contributed by atoms with E-state index in [-0.39, 0.29) is 11.9 Å². The monoisotopic (exact) mass is 344 g/mol. The highest BCUT2D eigenvalue weighted by Gasteiger charge is 2.10. The minimum atomic E-state index is -0.254. The molecule has 0 saturated carbocycles. The Hall–Kier alpha value is -2.83. The molecule has 1 amide bonds. The molecule has 1 aromatic heterocycles. The Kier molecular flexibility index (Phi) is 6.56. The molecule has 134 valence electrons. The van der Waals surface area contributed by atoms with Crippen molar-refractivity contribution in [2.24, 2.45) is 0 Å². The van der Waals surface area contributed by atoms with Gasteiger partial charge in [0.05, 0.1) is 13.7 Å². The normalized spacial score (nSPS) is 10.4. The summed E-state index contributed by atoms with van der Waals surface area (Å²) in [4.78, 5) is 20.7. The second kappa shape index (κ2) is 8.86. The molecule has 0 unspecified atom stereocenters. The Morgan fingerprint density at radius 1 is 1.16 bits per heavy atom. The van der Waals surface area contributed by atoms with Crippen molar-refractivity contribution in [3.63, 3.8) is 0 Å². The van der Waals surface area contributed by atoms with E-state index in [1.54, 1.807) is 20.1 Å². The van der Waals surface area contributed by atoms with Crippen LogP contribution >= 0.6 is 0 Å². The second-order valence-corrected chi connectivity index (χ2v) is 5.76. The number of nitrogens with one attached hydrogen (secondary N) is 2. The van der Waals surface area contributed by atoms with Crippen molar-refractivity contribution in [3.8, 4) is 11.5 Å². The summed E-state index contributed by atoms with van der Waals surface area (Å²) in [6.07, 6.45) is 0. The van der Waals surface area contributed by atoms with Gasteiger partial charge >= 0.3 is 0 Å². The van der Waals surface area contributed by atoms with Gasteiger partial charge in [-0.2, -0.15) is 0 Å². The lowest BCUT2D eigenvalue weighted by Gasteiger charge is -2.11. The lowest BCUT2D eigenvalue weighted by atomic mass is 10.3. The lowest BCUT2D eigenvalue weighted by Crippen LogP contribution is -2.29. The van der Waals surface area contributed by atoms with Crippen LogP contribution < -0.4 is 20.1 Å². The van der Waals surface area contributed by atoms with E-state index in [4.69, 9.17) is 9.47 Å². The number of aryl methyl sites for hydroxylation is 1. The van der Waals surface area contributed by atoms with Crippen LogP contribution in [0, 0.1) is 6.92 Å². The number of rotatable bonds is 8. The van der Waals surface area contributed by atoms with Crippen LogP contribution in [0.15, 0.2) is 30.3 Å². The highest BCUT2D eigenvalue weighted by molar-refractivity contribution is 5.92. The molecule has 0 spiro atoms.